The van der Waals surface area contributed by atoms with Gasteiger partial charge >= 0.3 is 0 Å². The van der Waals surface area contributed by atoms with E-state index in [-0.39, 0.29) is 0 Å². The molecule has 0 amide bonds. The van der Waals surface area contributed by atoms with Gasteiger partial charge in [0.05, 0.1) is 5.71 Å². The highest BCUT2D eigenvalue weighted by Gasteiger charge is 2.30. The van der Waals surface area contributed by atoms with Crippen molar-refractivity contribution in [3.8, 4) is 0 Å². The summed E-state index contributed by atoms with van der Waals surface area (Å²) in [5.41, 5.74) is 0.989. The number of hydrogen-bond acceptors (Lipinski definition) is 3. The van der Waals surface area contributed by atoms with E-state index in [0.717, 1.165) is 37.2 Å². The van der Waals surface area contributed by atoms with E-state index in [1.54, 1.807) is 0 Å². The first-order chi connectivity index (χ1) is 8.24. The second-order valence-electron chi connectivity index (χ2n) is 5.82. The first kappa shape index (κ1) is 12.9. The number of hydrogen-bond donors (Lipinski definition) is 1. The molecule has 1 saturated carbocycles. The van der Waals surface area contributed by atoms with Crippen LogP contribution in [0.25, 0.3) is 0 Å². The van der Waals surface area contributed by atoms with Gasteiger partial charge in [-0.3, -0.25) is 4.90 Å². The van der Waals surface area contributed by atoms with Crippen molar-refractivity contribution in [1.29, 1.82) is 0 Å². The lowest BCUT2D eigenvalue weighted by Crippen LogP contribution is -2.46. The van der Waals surface area contributed by atoms with E-state index < -0.39 is 0 Å². The second-order valence-corrected chi connectivity index (χ2v) is 5.82. The number of rotatable bonds is 2. The molecule has 17 heavy (non-hydrogen) atoms. The van der Waals surface area contributed by atoms with Gasteiger partial charge in [-0.25, -0.2) is 0 Å². The predicted octanol–water partition coefficient (Wildman–Crippen LogP) is 3.13. The Hall–Kier alpha value is -0.570. The Kier molecular flexibility index (Phi) is 4.43. The van der Waals surface area contributed by atoms with Crippen LogP contribution in [0.1, 0.15) is 52.4 Å². The van der Waals surface area contributed by atoms with Gasteiger partial charge in [-0.15, -0.1) is 0 Å². The third-order valence-corrected chi connectivity index (χ3v) is 4.77. The van der Waals surface area contributed by atoms with Crippen molar-refractivity contribution >= 4 is 5.71 Å². The highest BCUT2D eigenvalue weighted by Crippen LogP contribution is 2.31. The second kappa shape index (κ2) is 5.85. The maximum Gasteiger partial charge on any atom is 0.0624 e. The molecule has 1 N–H and O–H groups in total. The SMILES string of the molecule is CCC1CCC(N2CCC(=NO)C(C)C2)CC1. The lowest BCUT2D eigenvalue weighted by Gasteiger charge is -2.40. The highest BCUT2D eigenvalue weighted by atomic mass is 16.4. The molecule has 0 aromatic heterocycles. The topological polar surface area (TPSA) is 35.8 Å². The number of nitrogens with zero attached hydrogens (tertiary/aromatic N) is 2. The fraction of sp³-hybridized carbons (Fsp3) is 0.929. The summed E-state index contributed by atoms with van der Waals surface area (Å²) < 4.78 is 0. The predicted molar refractivity (Wildman–Crippen MR) is 70.6 cm³/mol. The zero-order valence-corrected chi connectivity index (χ0v) is 11.2. The first-order valence-electron chi connectivity index (χ1n) is 7.19. The minimum absolute atomic E-state index is 0.428. The zero-order chi connectivity index (χ0) is 12.3. The van der Waals surface area contributed by atoms with E-state index in [2.05, 4.69) is 23.9 Å². The minimum Gasteiger partial charge on any atom is -0.411 e. The minimum atomic E-state index is 0.428. The van der Waals surface area contributed by atoms with Gasteiger partial charge in [-0.05, 0) is 31.6 Å². The Morgan fingerprint density at radius 2 is 2.00 bits per heavy atom. The first-order valence-corrected chi connectivity index (χ1v) is 7.19. The average molecular weight is 238 g/mol. The molecule has 1 atom stereocenters. The van der Waals surface area contributed by atoms with Gasteiger partial charge in [0.15, 0.2) is 0 Å². The van der Waals surface area contributed by atoms with Crippen LogP contribution in [0.4, 0.5) is 0 Å². The standard InChI is InChI=1S/C14H26N2O/c1-3-12-4-6-13(7-5-12)16-9-8-14(15-17)11(2)10-16/h11-13,17H,3-10H2,1-2H3. The zero-order valence-electron chi connectivity index (χ0n) is 11.2. The van der Waals surface area contributed by atoms with Crippen molar-refractivity contribution in [2.24, 2.45) is 17.0 Å². The molecule has 2 aliphatic rings. The van der Waals surface area contributed by atoms with Crippen LogP contribution < -0.4 is 0 Å². The summed E-state index contributed by atoms with van der Waals surface area (Å²) >= 11 is 0. The van der Waals surface area contributed by atoms with Crippen molar-refractivity contribution in [2.45, 2.75) is 58.4 Å². The molecule has 1 unspecified atom stereocenters. The molecule has 2 fully saturated rings. The summed E-state index contributed by atoms with van der Waals surface area (Å²) in [4.78, 5) is 2.63. The van der Waals surface area contributed by atoms with Crippen LogP contribution >= 0.6 is 0 Å². The Morgan fingerprint density at radius 3 is 2.53 bits per heavy atom. The van der Waals surface area contributed by atoms with Gasteiger partial charge in [0.1, 0.15) is 0 Å². The molecular weight excluding hydrogens is 212 g/mol. The van der Waals surface area contributed by atoms with Crippen molar-refractivity contribution in [2.75, 3.05) is 13.1 Å². The summed E-state index contributed by atoms with van der Waals surface area (Å²) in [5.74, 6) is 1.40. The molecule has 1 saturated heterocycles. The molecule has 1 aliphatic carbocycles. The van der Waals surface area contributed by atoms with E-state index >= 15 is 0 Å². The van der Waals surface area contributed by atoms with Crippen molar-refractivity contribution in [3.05, 3.63) is 0 Å². The quantitative estimate of drug-likeness (QED) is 0.592. The normalized spacial score (nSPS) is 38.5. The summed E-state index contributed by atoms with van der Waals surface area (Å²) in [7, 11) is 0. The summed E-state index contributed by atoms with van der Waals surface area (Å²) in [6.45, 7) is 6.67. The van der Waals surface area contributed by atoms with E-state index in [1.807, 2.05) is 0 Å². The van der Waals surface area contributed by atoms with Crippen LogP contribution in [-0.2, 0) is 0 Å². The summed E-state index contributed by atoms with van der Waals surface area (Å²) in [6, 6.07) is 0.792. The Morgan fingerprint density at radius 1 is 1.29 bits per heavy atom. The van der Waals surface area contributed by atoms with E-state index in [1.165, 1.54) is 32.1 Å². The van der Waals surface area contributed by atoms with Gasteiger partial charge in [-0.1, -0.05) is 25.4 Å². The Bertz CT molecular complexity index is 269. The molecular formula is C14H26N2O. The van der Waals surface area contributed by atoms with Gasteiger partial charge in [0.25, 0.3) is 0 Å². The third kappa shape index (κ3) is 3.01. The van der Waals surface area contributed by atoms with E-state index in [4.69, 9.17) is 5.21 Å². The maximum absolute atomic E-state index is 8.89. The smallest absolute Gasteiger partial charge is 0.0624 e. The highest BCUT2D eigenvalue weighted by molar-refractivity contribution is 5.87. The van der Waals surface area contributed by atoms with Crippen LogP contribution in [-0.4, -0.2) is 35.0 Å². The van der Waals surface area contributed by atoms with Crippen molar-refractivity contribution in [1.82, 2.24) is 4.90 Å². The molecule has 0 bridgehead atoms. The van der Waals surface area contributed by atoms with Crippen LogP contribution in [0.2, 0.25) is 0 Å². The van der Waals surface area contributed by atoms with Gasteiger partial charge < -0.3 is 5.21 Å². The third-order valence-electron chi connectivity index (χ3n) is 4.77. The van der Waals surface area contributed by atoms with Crippen molar-refractivity contribution < 1.29 is 5.21 Å². The molecule has 0 aromatic rings. The van der Waals surface area contributed by atoms with Crippen molar-refractivity contribution in [3.63, 3.8) is 0 Å². The van der Waals surface area contributed by atoms with Gasteiger partial charge in [0, 0.05) is 31.5 Å². The fourth-order valence-electron chi connectivity index (χ4n) is 3.45. The van der Waals surface area contributed by atoms with Gasteiger partial charge in [0.2, 0.25) is 0 Å². The molecule has 1 heterocycles. The van der Waals surface area contributed by atoms with Crippen LogP contribution in [0.5, 0.6) is 0 Å². The molecule has 0 spiro atoms. The van der Waals surface area contributed by atoms with E-state index in [9.17, 15) is 0 Å². The average Bonchev–Trinajstić information content (AvgIpc) is 2.39. The monoisotopic (exact) mass is 238 g/mol. The summed E-state index contributed by atoms with van der Waals surface area (Å²) in [5, 5.41) is 12.3. The molecule has 3 heteroatoms. The largest absolute Gasteiger partial charge is 0.411 e. The molecule has 2 rings (SSSR count). The lowest BCUT2D eigenvalue weighted by molar-refractivity contribution is 0.120. The molecule has 0 radical (unpaired) electrons. The van der Waals surface area contributed by atoms with Gasteiger partial charge in [-0.2, -0.15) is 0 Å². The maximum atomic E-state index is 8.89. The van der Waals surface area contributed by atoms with Crippen LogP contribution in [0.3, 0.4) is 0 Å². The number of piperidine rings is 1. The fourth-order valence-corrected chi connectivity index (χ4v) is 3.45. The Balaban J connectivity index is 1.84. The van der Waals surface area contributed by atoms with Crippen LogP contribution in [0.15, 0.2) is 5.16 Å². The summed E-state index contributed by atoms with van der Waals surface area (Å²) in [6.07, 6.45) is 7.86. The number of oxime groups is 1. The molecule has 0 aromatic carbocycles. The lowest BCUT2D eigenvalue weighted by atomic mass is 9.83. The molecule has 98 valence electrons. The molecule has 1 aliphatic heterocycles. The molecule has 3 nitrogen and oxygen atoms in total. The Labute approximate surface area is 105 Å². The number of likely N-dealkylation sites (tertiary alicyclic amines) is 1. The van der Waals surface area contributed by atoms with E-state index in [0.29, 0.717) is 5.92 Å². The van der Waals surface area contributed by atoms with Crippen LogP contribution in [0, 0.1) is 11.8 Å².